The average Bonchev–Trinajstić information content (AvgIpc) is 3.21. The van der Waals surface area contributed by atoms with Crippen molar-refractivity contribution < 1.29 is 14.3 Å². The van der Waals surface area contributed by atoms with E-state index in [1.54, 1.807) is 5.57 Å². The van der Waals surface area contributed by atoms with Crippen LogP contribution >= 0.6 is 0 Å². The van der Waals surface area contributed by atoms with E-state index in [2.05, 4.69) is 26.8 Å². The lowest BCUT2D eigenvalue weighted by Gasteiger charge is -2.63. The highest BCUT2D eigenvalue weighted by Gasteiger charge is 2.64. The van der Waals surface area contributed by atoms with Gasteiger partial charge >= 0.3 is 0 Å². The zero-order valence-electron chi connectivity index (χ0n) is 16.7. The van der Waals surface area contributed by atoms with Gasteiger partial charge in [-0.1, -0.05) is 32.4 Å². The molecular formula is C23H34O3. The molecule has 0 N–H and O–H groups in total. The summed E-state index contributed by atoms with van der Waals surface area (Å²) < 4.78 is 12.3. The van der Waals surface area contributed by atoms with Crippen molar-refractivity contribution in [1.82, 2.24) is 0 Å². The van der Waals surface area contributed by atoms with Crippen LogP contribution in [0.2, 0.25) is 0 Å². The maximum atomic E-state index is 12.6. The first kappa shape index (κ1) is 17.4. The molecule has 0 bridgehead atoms. The number of allylic oxidation sites excluding steroid dienone is 2. The Bertz CT molecular complexity index is 660. The second kappa shape index (κ2) is 5.44. The van der Waals surface area contributed by atoms with Gasteiger partial charge in [0.15, 0.2) is 5.79 Å². The van der Waals surface area contributed by atoms with Gasteiger partial charge in [0.05, 0.1) is 13.2 Å². The number of rotatable bonds is 1. The van der Waals surface area contributed by atoms with Crippen LogP contribution in [-0.4, -0.2) is 24.8 Å². The Morgan fingerprint density at radius 3 is 2.62 bits per heavy atom. The third-order valence-corrected chi connectivity index (χ3v) is 9.61. The molecule has 5 rings (SSSR count). The van der Waals surface area contributed by atoms with Gasteiger partial charge in [-0.3, -0.25) is 4.79 Å². The second-order valence-electron chi connectivity index (χ2n) is 10.2. The first-order chi connectivity index (χ1) is 12.4. The van der Waals surface area contributed by atoms with Gasteiger partial charge in [0.25, 0.3) is 0 Å². The summed E-state index contributed by atoms with van der Waals surface area (Å²) in [5.74, 6) is 1.42. The SMILES string of the molecule is CCC12CCC3C(=CC[C@]4(C)C(=O)CCC34)C1(C)CCC1(C2)OCCO1. The van der Waals surface area contributed by atoms with E-state index in [0.29, 0.717) is 17.6 Å². The molecule has 1 saturated heterocycles. The number of fused-ring (bicyclic) bond motifs is 5. The minimum Gasteiger partial charge on any atom is -0.348 e. The molecule has 1 aliphatic heterocycles. The normalized spacial score (nSPS) is 49.5. The molecule has 5 atom stereocenters. The Hall–Kier alpha value is -0.670. The van der Waals surface area contributed by atoms with Crippen LogP contribution in [0.1, 0.15) is 78.6 Å². The minimum atomic E-state index is -0.310. The van der Waals surface area contributed by atoms with E-state index >= 15 is 0 Å². The fraction of sp³-hybridized carbons (Fsp3) is 0.870. The third-order valence-electron chi connectivity index (χ3n) is 9.61. The minimum absolute atomic E-state index is 0.0791. The molecule has 26 heavy (non-hydrogen) atoms. The molecule has 4 aliphatic carbocycles. The summed E-state index contributed by atoms with van der Waals surface area (Å²) in [5.41, 5.74) is 2.16. The van der Waals surface area contributed by atoms with E-state index in [0.717, 1.165) is 45.3 Å². The quantitative estimate of drug-likeness (QED) is 0.616. The van der Waals surface area contributed by atoms with Crippen molar-refractivity contribution in [2.75, 3.05) is 13.2 Å². The van der Waals surface area contributed by atoms with Gasteiger partial charge in [0.1, 0.15) is 5.78 Å². The lowest BCUT2D eigenvalue weighted by molar-refractivity contribution is -0.233. The van der Waals surface area contributed by atoms with Crippen LogP contribution in [0.3, 0.4) is 0 Å². The molecular weight excluding hydrogens is 324 g/mol. The molecule has 4 fully saturated rings. The second-order valence-corrected chi connectivity index (χ2v) is 10.2. The van der Waals surface area contributed by atoms with E-state index in [-0.39, 0.29) is 22.0 Å². The lowest BCUT2D eigenvalue weighted by atomic mass is 9.42. The Morgan fingerprint density at radius 2 is 1.88 bits per heavy atom. The number of Topliss-reactive ketones (excluding diaryl/α,β-unsaturated/α-hetero) is 1. The van der Waals surface area contributed by atoms with Gasteiger partial charge in [-0.15, -0.1) is 0 Å². The fourth-order valence-corrected chi connectivity index (χ4v) is 7.88. The van der Waals surface area contributed by atoms with Gasteiger partial charge in [-0.2, -0.15) is 0 Å². The number of carbonyl (C=O) groups excluding carboxylic acids is 1. The van der Waals surface area contributed by atoms with Crippen LogP contribution in [0, 0.1) is 28.1 Å². The van der Waals surface area contributed by atoms with Crippen LogP contribution in [0.15, 0.2) is 11.6 Å². The molecule has 0 aromatic heterocycles. The summed E-state index contributed by atoms with van der Waals surface area (Å²) in [6.07, 6.45) is 12.4. The molecule has 0 aromatic carbocycles. The van der Waals surface area contributed by atoms with Crippen LogP contribution < -0.4 is 0 Å². The zero-order valence-corrected chi connectivity index (χ0v) is 16.7. The zero-order chi connectivity index (χ0) is 18.2. The highest BCUT2D eigenvalue weighted by atomic mass is 16.7. The molecule has 144 valence electrons. The maximum absolute atomic E-state index is 12.6. The van der Waals surface area contributed by atoms with E-state index in [9.17, 15) is 4.79 Å². The summed E-state index contributed by atoms with van der Waals surface area (Å²) in [6.45, 7) is 8.67. The number of carbonyl (C=O) groups is 1. The molecule has 5 aliphatic rings. The van der Waals surface area contributed by atoms with E-state index < -0.39 is 0 Å². The van der Waals surface area contributed by atoms with Gasteiger partial charge in [-0.05, 0) is 61.2 Å². The highest BCUT2D eigenvalue weighted by Crippen LogP contribution is 2.70. The number of ketones is 1. The first-order valence-electron chi connectivity index (χ1n) is 10.9. The van der Waals surface area contributed by atoms with E-state index in [1.165, 1.54) is 25.7 Å². The topological polar surface area (TPSA) is 35.5 Å². The van der Waals surface area contributed by atoms with Crippen LogP contribution in [0.4, 0.5) is 0 Å². The Morgan fingerprint density at radius 1 is 1.12 bits per heavy atom. The van der Waals surface area contributed by atoms with Crippen molar-refractivity contribution in [2.45, 2.75) is 84.3 Å². The molecule has 4 unspecified atom stereocenters. The van der Waals surface area contributed by atoms with Crippen LogP contribution in [0.5, 0.6) is 0 Å². The summed E-state index contributed by atoms with van der Waals surface area (Å²) in [4.78, 5) is 12.6. The molecule has 3 nitrogen and oxygen atoms in total. The average molecular weight is 359 g/mol. The largest absolute Gasteiger partial charge is 0.348 e. The molecule has 3 saturated carbocycles. The maximum Gasteiger partial charge on any atom is 0.169 e. The van der Waals surface area contributed by atoms with Crippen molar-refractivity contribution >= 4 is 5.78 Å². The third kappa shape index (κ3) is 2.00. The Balaban J connectivity index is 1.54. The molecule has 0 radical (unpaired) electrons. The first-order valence-corrected chi connectivity index (χ1v) is 10.9. The number of ether oxygens (including phenoxy) is 2. The van der Waals surface area contributed by atoms with Crippen molar-refractivity contribution in [3.05, 3.63) is 11.6 Å². The van der Waals surface area contributed by atoms with Crippen molar-refractivity contribution in [3.63, 3.8) is 0 Å². The molecule has 3 heteroatoms. The molecule has 0 aromatic rings. The van der Waals surface area contributed by atoms with Crippen LogP contribution in [0.25, 0.3) is 0 Å². The molecule has 0 amide bonds. The summed E-state index contributed by atoms with van der Waals surface area (Å²) in [7, 11) is 0. The number of hydrogen-bond acceptors (Lipinski definition) is 3. The lowest BCUT2D eigenvalue weighted by Crippen LogP contribution is -2.57. The summed E-state index contributed by atoms with van der Waals surface area (Å²) >= 11 is 0. The fourth-order valence-electron chi connectivity index (χ4n) is 7.88. The molecule has 1 spiro atoms. The van der Waals surface area contributed by atoms with Crippen molar-refractivity contribution in [3.8, 4) is 0 Å². The predicted molar refractivity (Wildman–Crippen MR) is 101 cm³/mol. The van der Waals surface area contributed by atoms with Crippen molar-refractivity contribution in [2.24, 2.45) is 28.1 Å². The van der Waals surface area contributed by atoms with Crippen molar-refractivity contribution in [1.29, 1.82) is 0 Å². The Kier molecular flexibility index (Phi) is 3.65. The summed E-state index contributed by atoms with van der Waals surface area (Å²) in [6, 6.07) is 0. The smallest absolute Gasteiger partial charge is 0.169 e. The van der Waals surface area contributed by atoms with E-state index in [1.807, 2.05) is 0 Å². The monoisotopic (exact) mass is 358 g/mol. The van der Waals surface area contributed by atoms with Crippen LogP contribution in [-0.2, 0) is 14.3 Å². The van der Waals surface area contributed by atoms with Gasteiger partial charge in [0.2, 0.25) is 0 Å². The predicted octanol–water partition coefficient (Wildman–Crippen LogP) is 5.04. The number of hydrogen-bond donors (Lipinski definition) is 0. The van der Waals surface area contributed by atoms with Gasteiger partial charge < -0.3 is 9.47 Å². The summed E-state index contributed by atoms with van der Waals surface area (Å²) in [5, 5.41) is 0. The highest BCUT2D eigenvalue weighted by molar-refractivity contribution is 5.87. The van der Waals surface area contributed by atoms with E-state index in [4.69, 9.17) is 9.47 Å². The molecule has 1 heterocycles. The van der Waals surface area contributed by atoms with Gasteiger partial charge in [0, 0.05) is 24.7 Å². The standard InChI is InChI=1S/C23H34O3/c1-4-22-10-7-16-17-5-6-19(24)20(17,2)9-8-18(16)21(22,3)11-12-23(15-22)25-13-14-26-23/h8,16-17H,4-7,9-15H2,1-3H3/t16?,17?,20-,21?,22?/m0/s1. The van der Waals surface area contributed by atoms with Gasteiger partial charge in [-0.25, -0.2) is 0 Å². The Labute approximate surface area is 157 Å².